The summed E-state index contributed by atoms with van der Waals surface area (Å²) in [4.78, 5) is 27.1. The zero-order valence-electron chi connectivity index (χ0n) is 19.9. The topological polar surface area (TPSA) is 67.9 Å². The SMILES string of the molecule is Cc1ccc(C(=O)Nc2ccc3c(c2)N(CCCCOc2ccccc2C)C(=O)CO3)cc1C. The van der Waals surface area contributed by atoms with Gasteiger partial charge in [0.15, 0.2) is 6.61 Å². The van der Waals surface area contributed by atoms with Gasteiger partial charge in [0.2, 0.25) is 0 Å². The molecular weight excluding hydrogens is 428 g/mol. The van der Waals surface area contributed by atoms with Gasteiger partial charge in [0.1, 0.15) is 11.5 Å². The van der Waals surface area contributed by atoms with Crippen LogP contribution in [-0.2, 0) is 4.79 Å². The molecule has 0 aromatic heterocycles. The molecule has 0 bridgehead atoms. The zero-order chi connectivity index (χ0) is 24.1. The van der Waals surface area contributed by atoms with E-state index in [1.54, 1.807) is 23.1 Å². The van der Waals surface area contributed by atoms with E-state index in [1.807, 2.05) is 63.2 Å². The Hall–Kier alpha value is -3.80. The maximum Gasteiger partial charge on any atom is 0.265 e. The molecule has 0 aliphatic carbocycles. The van der Waals surface area contributed by atoms with Crippen LogP contribution < -0.4 is 19.7 Å². The number of nitrogens with one attached hydrogen (secondary N) is 1. The molecule has 1 aliphatic heterocycles. The van der Waals surface area contributed by atoms with Crippen molar-refractivity contribution in [1.29, 1.82) is 0 Å². The summed E-state index contributed by atoms with van der Waals surface area (Å²) in [5.74, 6) is 1.25. The maximum atomic E-state index is 12.7. The summed E-state index contributed by atoms with van der Waals surface area (Å²) in [5.41, 5.74) is 5.20. The fourth-order valence-corrected chi connectivity index (χ4v) is 3.88. The van der Waals surface area contributed by atoms with Crippen LogP contribution in [0.25, 0.3) is 0 Å². The van der Waals surface area contributed by atoms with E-state index in [0.29, 0.717) is 35.8 Å². The highest BCUT2D eigenvalue weighted by molar-refractivity contribution is 6.05. The number of nitrogens with zero attached hydrogens (tertiary/aromatic N) is 1. The molecule has 0 atom stereocenters. The minimum atomic E-state index is -0.189. The Balaban J connectivity index is 1.39. The smallest absolute Gasteiger partial charge is 0.265 e. The van der Waals surface area contributed by atoms with E-state index in [2.05, 4.69) is 5.32 Å². The summed E-state index contributed by atoms with van der Waals surface area (Å²) in [6.45, 7) is 7.18. The van der Waals surface area contributed by atoms with Crippen LogP contribution >= 0.6 is 0 Å². The second-order valence-corrected chi connectivity index (χ2v) is 8.59. The molecular formula is C28H30N2O4. The van der Waals surface area contributed by atoms with Gasteiger partial charge in [0, 0.05) is 17.8 Å². The lowest BCUT2D eigenvalue weighted by Gasteiger charge is -2.30. The molecule has 1 N–H and O–H groups in total. The normalized spacial score (nSPS) is 12.7. The number of unbranched alkanes of at least 4 members (excludes halogenated alkanes) is 1. The molecule has 0 spiro atoms. The predicted molar refractivity (Wildman–Crippen MR) is 134 cm³/mol. The van der Waals surface area contributed by atoms with E-state index < -0.39 is 0 Å². The van der Waals surface area contributed by atoms with Crippen LogP contribution in [0.4, 0.5) is 11.4 Å². The number of carbonyl (C=O) groups excluding carboxylic acids is 2. The van der Waals surface area contributed by atoms with Crippen molar-refractivity contribution >= 4 is 23.2 Å². The lowest BCUT2D eigenvalue weighted by molar-refractivity contribution is -0.121. The standard InChI is InChI=1S/C28H30N2O4/c1-19-10-11-22(16-21(19)3)28(32)29-23-12-13-26-24(17-23)30(27(31)18-34-26)14-6-7-15-33-25-9-5-4-8-20(25)2/h4-5,8-13,16-17H,6-7,14-15,18H2,1-3H3,(H,29,32). The Morgan fingerprint density at radius 3 is 2.59 bits per heavy atom. The Labute approximate surface area is 200 Å². The van der Waals surface area contributed by atoms with Crippen molar-refractivity contribution < 1.29 is 19.1 Å². The highest BCUT2D eigenvalue weighted by Crippen LogP contribution is 2.35. The molecule has 34 heavy (non-hydrogen) atoms. The summed E-state index contributed by atoms with van der Waals surface area (Å²) in [7, 11) is 0. The van der Waals surface area contributed by atoms with Crippen molar-refractivity contribution in [3.63, 3.8) is 0 Å². The van der Waals surface area contributed by atoms with Crippen LogP contribution in [-0.4, -0.2) is 31.6 Å². The van der Waals surface area contributed by atoms with Gasteiger partial charge in [0.05, 0.1) is 12.3 Å². The molecule has 0 fully saturated rings. The van der Waals surface area contributed by atoms with E-state index in [1.165, 1.54) is 0 Å². The quantitative estimate of drug-likeness (QED) is 0.456. The van der Waals surface area contributed by atoms with Crippen molar-refractivity contribution in [1.82, 2.24) is 0 Å². The van der Waals surface area contributed by atoms with E-state index in [4.69, 9.17) is 9.47 Å². The molecule has 2 amide bonds. The second-order valence-electron chi connectivity index (χ2n) is 8.59. The molecule has 176 valence electrons. The summed E-state index contributed by atoms with van der Waals surface area (Å²) in [5, 5.41) is 2.94. The van der Waals surface area contributed by atoms with Crippen molar-refractivity contribution in [2.24, 2.45) is 0 Å². The van der Waals surface area contributed by atoms with Crippen LogP contribution in [0.5, 0.6) is 11.5 Å². The summed E-state index contributed by atoms with van der Waals surface area (Å²) in [6, 6.07) is 19.0. The number of ether oxygens (including phenoxy) is 2. The third-order valence-corrected chi connectivity index (χ3v) is 6.06. The minimum Gasteiger partial charge on any atom is -0.493 e. The lowest BCUT2D eigenvalue weighted by atomic mass is 10.1. The van der Waals surface area contributed by atoms with Crippen LogP contribution in [0.3, 0.4) is 0 Å². The Morgan fingerprint density at radius 2 is 1.79 bits per heavy atom. The van der Waals surface area contributed by atoms with Gasteiger partial charge >= 0.3 is 0 Å². The molecule has 0 radical (unpaired) electrons. The number of amides is 2. The Morgan fingerprint density at radius 1 is 0.971 bits per heavy atom. The van der Waals surface area contributed by atoms with Gasteiger partial charge in [-0.25, -0.2) is 0 Å². The molecule has 3 aromatic rings. The average molecular weight is 459 g/mol. The average Bonchev–Trinajstić information content (AvgIpc) is 2.83. The van der Waals surface area contributed by atoms with Gasteiger partial charge in [-0.3, -0.25) is 9.59 Å². The van der Waals surface area contributed by atoms with Crippen LogP contribution in [0.1, 0.15) is 39.9 Å². The van der Waals surface area contributed by atoms with Crippen molar-refractivity contribution in [2.75, 3.05) is 30.0 Å². The Kier molecular flexibility index (Phi) is 7.16. The zero-order valence-corrected chi connectivity index (χ0v) is 19.9. The summed E-state index contributed by atoms with van der Waals surface area (Å²) >= 11 is 0. The van der Waals surface area contributed by atoms with Crippen LogP contribution in [0.15, 0.2) is 60.7 Å². The number of anilines is 2. The van der Waals surface area contributed by atoms with E-state index in [9.17, 15) is 9.59 Å². The number of fused-ring (bicyclic) bond motifs is 1. The number of benzene rings is 3. The first-order valence-electron chi connectivity index (χ1n) is 11.6. The largest absolute Gasteiger partial charge is 0.493 e. The fourth-order valence-electron chi connectivity index (χ4n) is 3.88. The van der Waals surface area contributed by atoms with E-state index in [-0.39, 0.29) is 18.4 Å². The predicted octanol–water partition coefficient (Wildman–Crippen LogP) is 5.45. The number of para-hydroxylation sites is 1. The highest BCUT2D eigenvalue weighted by Gasteiger charge is 2.25. The van der Waals surface area contributed by atoms with Crippen molar-refractivity contribution in [2.45, 2.75) is 33.6 Å². The Bertz CT molecular complexity index is 1200. The second kappa shape index (κ2) is 10.4. The molecule has 1 aliphatic rings. The number of rotatable bonds is 8. The van der Waals surface area contributed by atoms with Gasteiger partial charge in [-0.1, -0.05) is 24.3 Å². The first-order chi connectivity index (χ1) is 16.4. The van der Waals surface area contributed by atoms with E-state index >= 15 is 0 Å². The van der Waals surface area contributed by atoms with Gasteiger partial charge in [-0.15, -0.1) is 0 Å². The van der Waals surface area contributed by atoms with Crippen LogP contribution in [0, 0.1) is 20.8 Å². The van der Waals surface area contributed by atoms with Gasteiger partial charge in [0.25, 0.3) is 11.8 Å². The van der Waals surface area contributed by atoms with Crippen LogP contribution in [0.2, 0.25) is 0 Å². The monoisotopic (exact) mass is 458 g/mol. The molecule has 6 heteroatoms. The lowest BCUT2D eigenvalue weighted by Crippen LogP contribution is -2.39. The van der Waals surface area contributed by atoms with Gasteiger partial charge < -0.3 is 19.7 Å². The minimum absolute atomic E-state index is 0.0149. The molecule has 0 saturated carbocycles. The van der Waals surface area contributed by atoms with Crippen molar-refractivity contribution in [3.05, 3.63) is 82.9 Å². The third-order valence-electron chi connectivity index (χ3n) is 6.06. The number of hydrogen-bond donors (Lipinski definition) is 1. The summed E-state index contributed by atoms with van der Waals surface area (Å²) in [6.07, 6.45) is 1.60. The molecule has 6 nitrogen and oxygen atoms in total. The number of aryl methyl sites for hydroxylation is 3. The fraction of sp³-hybridized carbons (Fsp3) is 0.286. The van der Waals surface area contributed by atoms with Gasteiger partial charge in [-0.2, -0.15) is 0 Å². The number of hydrogen-bond acceptors (Lipinski definition) is 4. The number of carbonyl (C=O) groups is 2. The molecule has 0 unspecified atom stereocenters. The first kappa shape index (κ1) is 23.4. The molecule has 3 aromatic carbocycles. The molecule has 1 heterocycles. The van der Waals surface area contributed by atoms with E-state index in [0.717, 1.165) is 35.3 Å². The van der Waals surface area contributed by atoms with Crippen molar-refractivity contribution in [3.8, 4) is 11.5 Å². The maximum absolute atomic E-state index is 12.7. The van der Waals surface area contributed by atoms with Gasteiger partial charge in [-0.05, 0) is 86.7 Å². The molecule has 4 rings (SSSR count). The molecule has 0 saturated heterocycles. The highest BCUT2D eigenvalue weighted by atomic mass is 16.5. The first-order valence-corrected chi connectivity index (χ1v) is 11.6. The summed E-state index contributed by atoms with van der Waals surface area (Å²) < 4.78 is 11.5. The third kappa shape index (κ3) is 5.39.